The second kappa shape index (κ2) is 7.24. The van der Waals surface area contributed by atoms with Gasteiger partial charge in [-0.15, -0.1) is 0 Å². The van der Waals surface area contributed by atoms with E-state index in [2.05, 4.69) is 5.32 Å². The molecule has 0 aliphatic carbocycles. The van der Waals surface area contributed by atoms with Gasteiger partial charge in [-0.05, 0) is 36.2 Å². The number of hydrogen-bond acceptors (Lipinski definition) is 3. The molecule has 2 aromatic rings. The van der Waals surface area contributed by atoms with Crippen LogP contribution in [0.2, 0.25) is 5.02 Å². The van der Waals surface area contributed by atoms with Crippen LogP contribution >= 0.6 is 11.6 Å². The summed E-state index contributed by atoms with van der Waals surface area (Å²) in [7, 11) is 0. The number of nitrogens with one attached hydrogen (secondary N) is 1. The Morgan fingerprint density at radius 3 is 2.77 bits per heavy atom. The molecule has 4 nitrogen and oxygen atoms in total. The minimum atomic E-state index is -0.546. The molecule has 22 heavy (non-hydrogen) atoms. The van der Waals surface area contributed by atoms with Crippen molar-refractivity contribution in [3.8, 4) is 5.75 Å². The van der Waals surface area contributed by atoms with Crippen molar-refractivity contribution >= 4 is 23.2 Å². The molecule has 0 fully saturated rings. The molecule has 1 amide bonds. The van der Waals surface area contributed by atoms with E-state index < -0.39 is 5.82 Å². The zero-order valence-corrected chi connectivity index (χ0v) is 12.7. The smallest absolute Gasteiger partial charge is 0.262 e. The highest BCUT2D eigenvalue weighted by atomic mass is 35.5. The first-order valence-electron chi connectivity index (χ1n) is 6.57. The van der Waals surface area contributed by atoms with Crippen LogP contribution in [0.3, 0.4) is 0 Å². The van der Waals surface area contributed by atoms with Crippen LogP contribution in [-0.2, 0) is 11.4 Å². The second-order valence-electron chi connectivity index (χ2n) is 4.72. The second-order valence-corrected chi connectivity index (χ2v) is 5.13. The summed E-state index contributed by atoms with van der Waals surface area (Å²) in [5.41, 5.74) is 2.18. The van der Waals surface area contributed by atoms with Crippen LogP contribution in [0.25, 0.3) is 0 Å². The van der Waals surface area contributed by atoms with Crippen LogP contribution in [0.1, 0.15) is 11.1 Å². The zero-order valence-electron chi connectivity index (χ0n) is 11.9. The third-order valence-electron chi connectivity index (χ3n) is 3.02. The minimum Gasteiger partial charge on any atom is -0.484 e. The Kier molecular flexibility index (Phi) is 5.35. The number of aliphatic hydroxyl groups excluding tert-OH is 1. The van der Waals surface area contributed by atoms with Crippen molar-refractivity contribution in [1.29, 1.82) is 0 Å². The lowest BCUT2D eigenvalue weighted by atomic mass is 10.1. The third kappa shape index (κ3) is 4.19. The highest BCUT2D eigenvalue weighted by Gasteiger charge is 2.08. The molecule has 0 aliphatic heterocycles. The number of aryl methyl sites for hydroxylation is 1. The lowest BCUT2D eigenvalue weighted by Crippen LogP contribution is -2.20. The molecule has 0 unspecified atom stereocenters. The lowest BCUT2D eigenvalue weighted by Gasteiger charge is -2.11. The fraction of sp³-hybridized carbons (Fsp3) is 0.188. The quantitative estimate of drug-likeness (QED) is 0.887. The van der Waals surface area contributed by atoms with Crippen LogP contribution in [0.5, 0.6) is 5.75 Å². The summed E-state index contributed by atoms with van der Waals surface area (Å²) in [6.07, 6.45) is 0. The SMILES string of the molecule is Cc1ccc(CO)cc1NC(=O)COc1ccc(F)c(Cl)c1. The fourth-order valence-corrected chi connectivity index (χ4v) is 1.97. The van der Waals surface area contributed by atoms with Gasteiger partial charge in [-0.25, -0.2) is 4.39 Å². The average Bonchev–Trinajstić information content (AvgIpc) is 2.50. The van der Waals surface area contributed by atoms with Crippen molar-refractivity contribution in [3.05, 3.63) is 58.4 Å². The van der Waals surface area contributed by atoms with E-state index in [9.17, 15) is 9.18 Å². The normalized spacial score (nSPS) is 10.4. The molecular formula is C16H15ClFNO3. The van der Waals surface area contributed by atoms with E-state index in [4.69, 9.17) is 21.4 Å². The first-order chi connectivity index (χ1) is 10.5. The highest BCUT2D eigenvalue weighted by Crippen LogP contribution is 2.21. The topological polar surface area (TPSA) is 58.6 Å². The van der Waals surface area contributed by atoms with Gasteiger partial charge in [-0.3, -0.25) is 4.79 Å². The summed E-state index contributed by atoms with van der Waals surface area (Å²) in [6, 6.07) is 9.16. The number of aliphatic hydroxyl groups is 1. The van der Waals surface area contributed by atoms with Gasteiger partial charge in [0.1, 0.15) is 11.6 Å². The Balaban J connectivity index is 1.97. The number of amides is 1. The fourth-order valence-electron chi connectivity index (χ4n) is 1.80. The van der Waals surface area contributed by atoms with Gasteiger partial charge < -0.3 is 15.2 Å². The number of rotatable bonds is 5. The molecule has 6 heteroatoms. The van der Waals surface area contributed by atoms with Crippen LogP contribution in [0.4, 0.5) is 10.1 Å². The van der Waals surface area contributed by atoms with E-state index in [-0.39, 0.29) is 24.1 Å². The zero-order chi connectivity index (χ0) is 16.1. The van der Waals surface area contributed by atoms with Crippen LogP contribution in [0.15, 0.2) is 36.4 Å². The van der Waals surface area contributed by atoms with Crippen LogP contribution < -0.4 is 10.1 Å². The Morgan fingerprint density at radius 1 is 1.32 bits per heavy atom. The standard InChI is InChI=1S/C16H15ClFNO3/c1-10-2-3-11(8-20)6-15(10)19-16(21)9-22-12-4-5-14(18)13(17)7-12/h2-7,20H,8-9H2,1H3,(H,19,21). The number of hydrogen-bond donors (Lipinski definition) is 2. The molecule has 2 N–H and O–H groups in total. The number of ether oxygens (including phenoxy) is 1. The van der Waals surface area contributed by atoms with Crippen molar-refractivity contribution in [1.82, 2.24) is 0 Å². The molecule has 0 atom stereocenters. The van der Waals surface area contributed by atoms with Gasteiger partial charge in [0.2, 0.25) is 0 Å². The van der Waals surface area contributed by atoms with Crippen molar-refractivity contribution in [2.45, 2.75) is 13.5 Å². The predicted molar refractivity (Wildman–Crippen MR) is 82.6 cm³/mol. The molecule has 0 spiro atoms. The van der Waals surface area contributed by atoms with E-state index in [1.165, 1.54) is 18.2 Å². The number of carbonyl (C=O) groups excluding carboxylic acids is 1. The predicted octanol–water partition coefficient (Wildman–Crippen LogP) is 3.30. The molecule has 0 radical (unpaired) electrons. The van der Waals surface area contributed by atoms with Gasteiger partial charge in [0.25, 0.3) is 5.91 Å². The van der Waals surface area contributed by atoms with Gasteiger partial charge in [-0.1, -0.05) is 23.7 Å². The summed E-state index contributed by atoms with van der Waals surface area (Å²) >= 11 is 5.63. The Labute approximate surface area is 132 Å². The summed E-state index contributed by atoms with van der Waals surface area (Å²) in [5.74, 6) is -0.601. The Morgan fingerprint density at radius 2 is 2.09 bits per heavy atom. The van der Waals surface area contributed by atoms with Crippen molar-refractivity contribution in [2.24, 2.45) is 0 Å². The van der Waals surface area contributed by atoms with E-state index >= 15 is 0 Å². The molecule has 0 aliphatic rings. The number of benzene rings is 2. The maximum atomic E-state index is 13.0. The molecule has 0 bridgehead atoms. The van der Waals surface area contributed by atoms with E-state index in [1.807, 2.05) is 13.0 Å². The lowest BCUT2D eigenvalue weighted by molar-refractivity contribution is -0.118. The molecule has 0 saturated heterocycles. The van der Waals surface area contributed by atoms with E-state index in [0.717, 1.165) is 5.56 Å². The third-order valence-corrected chi connectivity index (χ3v) is 3.31. The van der Waals surface area contributed by atoms with Gasteiger partial charge in [0.05, 0.1) is 11.6 Å². The van der Waals surface area contributed by atoms with Crippen molar-refractivity contribution in [3.63, 3.8) is 0 Å². The first kappa shape index (κ1) is 16.3. The van der Waals surface area contributed by atoms with E-state index in [0.29, 0.717) is 17.0 Å². The van der Waals surface area contributed by atoms with Crippen molar-refractivity contribution < 1.29 is 19.0 Å². The average molecular weight is 324 g/mol. The molecule has 0 heterocycles. The Bertz CT molecular complexity index is 691. The molecule has 0 aromatic heterocycles. The van der Waals surface area contributed by atoms with Crippen molar-refractivity contribution in [2.75, 3.05) is 11.9 Å². The van der Waals surface area contributed by atoms with Gasteiger partial charge in [0.15, 0.2) is 6.61 Å². The summed E-state index contributed by atoms with van der Waals surface area (Å²) < 4.78 is 18.3. The van der Waals surface area contributed by atoms with Crippen LogP contribution in [-0.4, -0.2) is 17.6 Å². The van der Waals surface area contributed by atoms with E-state index in [1.54, 1.807) is 12.1 Å². The molecule has 2 aromatic carbocycles. The largest absolute Gasteiger partial charge is 0.484 e. The maximum absolute atomic E-state index is 13.0. The molecule has 116 valence electrons. The number of carbonyl (C=O) groups is 1. The van der Waals surface area contributed by atoms with Crippen LogP contribution in [0, 0.1) is 12.7 Å². The first-order valence-corrected chi connectivity index (χ1v) is 6.95. The van der Waals surface area contributed by atoms with Gasteiger partial charge in [0, 0.05) is 11.8 Å². The van der Waals surface area contributed by atoms with Gasteiger partial charge in [-0.2, -0.15) is 0 Å². The Hall–Kier alpha value is -2.11. The monoisotopic (exact) mass is 323 g/mol. The minimum absolute atomic E-state index is 0.0654. The summed E-state index contributed by atoms with van der Waals surface area (Å²) in [4.78, 5) is 11.9. The molecular weight excluding hydrogens is 309 g/mol. The number of halogens is 2. The molecule has 2 rings (SSSR count). The maximum Gasteiger partial charge on any atom is 0.262 e. The summed E-state index contributed by atoms with van der Waals surface area (Å²) in [6.45, 7) is 1.51. The van der Waals surface area contributed by atoms with Gasteiger partial charge >= 0.3 is 0 Å². The summed E-state index contributed by atoms with van der Waals surface area (Å²) in [5, 5.41) is 11.7. The highest BCUT2D eigenvalue weighted by molar-refractivity contribution is 6.30. The number of anilines is 1. The molecule has 0 saturated carbocycles.